The average Bonchev–Trinajstić information content (AvgIpc) is 2.10. The van der Waals surface area contributed by atoms with Gasteiger partial charge in [-0.05, 0) is 18.1 Å². The summed E-state index contributed by atoms with van der Waals surface area (Å²) in [5.74, 6) is 1.27. The van der Waals surface area contributed by atoms with Gasteiger partial charge in [-0.2, -0.15) is 0 Å². The van der Waals surface area contributed by atoms with E-state index in [0.717, 1.165) is 5.75 Å². The summed E-state index contributed by atoms with van der Waals surface area (Å²) in [7, 11) is 0. The van der Waals surface area contributed by atoms with E-state index in [1.54, 1.807) is 11.8 Å². The van der Waals surface area contributed by atoms with Crippen molar-refractivity contribution in [3.05, 3.63) is 0 Å². The molecule has 0 aliphatic heterocycles. The highest BCUT2D eigenvalue weighted by Crippen LogP contribution is 2.18. The van der Waals surface area contributed by atoms with Crippen LogP contribution in [0.4, 0.5) is 0 Å². The third-order valence-electron chi connectivity index (χ3n) is 2.12. The fraction of sp³-hybridized carbons (Fsp3) is 0.900. The van der Waals surface area contributed by atoms with Gasteiger partial charge in [0.2, 0.25) is 0 Å². The molecule has 0 aromatic rings. The molecule has 2 nitrogen and oxygen atoms in total. The van der Waals surface area contributed by atoms with E-state index in [2.05, 4.69) is 13.8 Å². The molecule has 0 rings (SSSR count). The van der Waals surface area contributed by atoms with E-state index in [-0.39, 0.29) is 5.75 Å². The van der Waals surface area contributed by atoms with Gasteiger partial charge in [0.1, 0.15) is 0 Å². The summed E-state index contributed by atoms with van der Waals surface area (Å²) in [5.41, 5.74) is 0. The SMILES string of the molecule is CCCCC(CC)CSCC(=O)O. The molecule has 13 heavy (non-hydrogen) atoms. The van der Waals surface area contributed by atoms with Crippen molar-refractivity contribution < 1.29 is 9.90 Å². The third kappa shape index (κ3) is 8.16. The maximum absolute atomic E-state index is 10.3. The van der Waals surface area contributed by atoms with Crippen LogP contribution in [-0.2, 0) is 4.79 Å². The Labute approximate surface area is 85.1 Å². The molecule has 3 heteroatoms. The van der Waals surface area contributed by atoms with Crippen LogP contribution in [0.3, 0.4) is 0 Å². The van der Waals surface area contributed by atoms with Crippen LogP contribution in [0.2, 0.25) is 0 Å². The Morgan fingerprint density at radius 3 is 2.62 bits per heavy atom. The Bertz CT molecular complexity index is 137. The highest BCUT2D eigenvalue weighted by Gasteiger charge is 2.06. The summed E-state index contributed by atoms with van der Waals surface area (Å²) in [6, 6.07) is 0. The molecule has 0 bridgehead atoms. The Kier molecular flexibility index (Phi) is 8.30. The van der Waals surface area contributed by atoms with Crippen molar-refractivity contribution >= 4 is 17.7 Å². The highest BCUT2D eigenvalue weighted by atomic mass is 32.2. The van der Waals surface area contributed by atoms with Gasteiger partial charge in [-0.25, -0.2) is 0 Å². The maximum atomic E-state index is 10.3. The number of hydrogen-bond donors (Lipinski definition) is 1. The van der Waals surface area contributed by atoms with E-state index in [1.807, 2.05) is 0 Å². The van der Waals surface area contributed by atoms with Crippen LogP contribution in [0.5, 0.6) is 0 Å². The molecule has 0 aromatic carbocycles. The molecule has 1 atom stereocenters. The normalized spacial score (nSPS) is 12.8. The van der Waals surface area contributed by atoms with E-state index in [4.69, 9.17) is 5.11 Å². The molecule has 1 N–H and O–H groups in total. The number of carboxylic acid groups (broad SMARTS) is 1. The van der Waals surface area contributed by atoms with Crippen LogP contribution in [0, 0.1) is 5.92 Å². The van der Waals surface area contributed by atoms with Crippen LogP contribution < -0.4 is 0 Å². The fourth-order valence-electron chi connectivity index (χ4n) is 1.21. The standard InChI is InChI=1S/C10H20O2S/c1-3-5-6-9(4-2)7-13-8-10(11)12/h9H,3-8H2,1-2H3,(H,11,12). The quantitative estimate of drug-likeness (QED) is 0.660. The van der Waals surface area contributed by atoms with Gasteiger partial charge < -0.3 is 5.11 Å². The Hall–Kier alpha value is -0.180. The molecule has 0 amide bonds. The lowest BCUT2D eigenvalue weighted by Gasteiger charge is -2.12. The smallest absolute Gasteiger partial charge is 0.313 e. The zero-order valence-corrected chi connectivity index (χ0v) is 9.40. The Balaban J connectivity index is 3.41. The minimum absolute atomic E-state index is 0.253. The lowest BCUT2D eigenvalue weighted by Crippen LogP contribution is -2.06. The molecule has 0 aliphatic rings. The second-order valence-electron chi connectivity index (χ2n) is 3.33. The summed E-state index contributed by atoms with van der Waals surface area (Å²) in [5, 5.41) is 8.45. The van der Waals surface area contributed by atoms with Crippen LogP contribution in [0.15, 0.2) is 0 Å². The van der Waals surface area contributed by atoms with E-state index in [0.29, 0.717) is 5.92 Å². The molecule has 0 aromatic heterocycles. The highest BCUT2D eigenvalue weighted by molar-refractivity contribution is 7.99. The molecular weight excluding hydrogens is 184 g/mol. The predicted molar refractivity (Wildman–Crippen MR) is 58.3 cm³/mol. The largest absolute Gasteiger partial charge is 0.481 e. The second kappa shape index (κ2) is 8.42. The minimum Gasteiger partial charge on any atom is -0.481 e. The summed E-state index contributed by atoms with van der Waals surface area (Å²) >= 11 is 1.54. The summed E-state index contributed by atoms with van der Waals surface area (Å²) in [6.07, 6.45) is 4.93. The molecule has 0 fully saturated rings. The van der Waals surface area contributed by atoms with Gasteiger partial charge in [-0.3, -0.25) is 4.79 Å². The zero-order valence-electron chi connectivity index (χ0n) is 8.58. The first-order valence-corrected chi connectivity index (χ1v) is 6.15. The van der Waals surface area contributed by atoms with Crippen LogP contribution in [0.25, 0.3) is 0 Å². The first-order valence-electron chi connectivity index (χ1n) is 5.00. The van der Waals surface area contributed by atoms with Gasteiger partial charge in [0.25, 0.3) is 0 Å². The van der Waals surface area contributed by atoms with Crippen LogP contribution in [0.1, 0.15) is 39.5 Å². The molecule has 78 valence electrons. The van der Waals surface area contributed by atoms with E-state index in [1.165, 1.54) is 25.7 Å². The Morgan fingerprint density at radius 1 is 1.46 bits per heavy atom. The molecule has 0 heterocycles. The maximum Gasteiger partial charge on any atom is 0.313 e. The molecular formula is C10H20O2S. The molecule has 0 saturated carbocycles. The van der Waals surface area contributed by atoms with Crippen molar-refractivity contribution in [3.63, 3.8) is 0 Å². The van der Waals surface area contributed by atoms with Crippen molar-refractivity contribution in [2.75, 3.05) is 11.5 Å². The minimum atomic E-state index is -0.699. The Morgan fingerprint density at radius 2 is 2.15 bits per heavy atom. The average molecular weight is 204 g/mol. The molecule has 0 spiro atoms. The van der Waals surface area contributed by atoms with Crippen molar-refractivity contribution in [1.82, 2.24) is 0 Å². The first kappa shape index (κ1) is 12.8. The topological polar surface area (TPSA) is 37.3 Å². The van der Waals surface area contributed by atoms with Crippen molar-refractivity contribution in [1.29, 1.82) is 0 Å². The van der Waals surface area contributed by atoms with Gasteiger partial charge in [0, 0.05) is 0 Å². The first-order chi connectivity index (χ1) is 6.20. The molecule has 0 radical (unpaired) electrons. The van der Waals surface area contributed by atoms with Gasteiger partial charge >= 0.3 is 5.97 Å². The summed E-state index contributed by atoms with van der Waals surface area (Å²) in [6.45, 7) is 4.37. The van der Waals surface area contributed by atoms with Gasteiger partial charge in [-0.15, -0.1) is 11.8 Å². The molecule has 0 saturated heterocycles. The predicted octanol–water partition coefficient (Wildman–Crippen LogP) is 3.02. The molecule has 0 aliphatic carbocycles. The molecule has 1 unspecified atom stereocenters. The zero-order chi connectivity index (χ0) is 10.1. The number of hydrogen-bond acceptors (Lipinski definition) is 2. The number of thioether (sulfide) groups is 1. The van der Waals surface area contributed by atoms with Crippen LogP contribution >= 0.6 is 11.8 Å². The van der Waals surface area contributed by atoms with Crippen LogP contribution in [-0.4, -0.2) is 22.6 Å². The van der Waals surface area contributed by atoms with E-state index < -0.39 is 5.97 Å². The lowest BCUT2D eigenvalue weighted by molar-refractivity contribution is -0.133. The van der Waals surface area contributed by atoms with E-state index in [9.17, 15) is 4.79 Å². The second-order valence-corrected chi connectivity index (χ2v) is 4.36. The monoisotopic (exact) mass is 204 g/mol. The van der Waals surface area contributed by atoms with E-state index >= 15 is 0 Å². The number of unbranched alkanes of at least 4 members (excludes halogenated alkanes) is 1. The van der Waals surface area contributed by atoms with Gasteiger partial charge in [-0.1, -0.05) is 33.1 Å². The van der Waals surface area contributed by atoms with Gasteiger partial charge in [0.05, 0.1) is 5.75 Å². The van der Waals surface area contributed by atoms with Gasteiger partial charge in [0.15, 0.2) is 0 Å². The fourth-order valence-corrected chi connectivity index (χ4v) is 2.24. The van der Waals surface area contributed by atoms with Crippen molar-refractivity contribution in [2.45, 2.75) is 39.5 Å². The summed E-state index contributed by atoms with van der Waals surface area (Å²) < 4.78 is 0. The third-order valence-corrected chi connectivity index (χ3v) is 3.28. The number of carbonyl (C=O) groups is 1. The lowest BCUT2D eigenvalue weighted by atomic mass is 10.0. The number of rotatable bonds is 8. The van der Waals surface area contributed by atoms with Crippen molar-refractivity contribution in [3.8, 4) is 0 Å². The number of aliphatic carboxylic acids is 1. The van der Waals surface area contributed by atoms with Crippen molar-refractivity contribution in [2.24, 2.45) is 5.92 Å². The number of carboxylic acids is 1. The summed E-state index contributed by atoms with van der Waals surface area (Å²) in [4.78, 5) is 10.3.